The number of carbonyl (C=O) groups is 2. The topological polar surface area (TPSA) is 110 Å². The number of carbonyl (C=O) groups excluding carboxylic acids is 2. The van der Waals surface area contributed by atoms with Gasteiger partial charge in [-0.15, -0.1) is 20.4 Å². The molecule has 0 unspecified atom stereocenters. The van der Waals surface area contributed by atoms with E-state index < -0.39 is 0 Å². The van der Waals surface area contributed by atoms with Gasteiger partial charge in [-0.25, -0.2) is 0 Å². The number of aryl methyl sites for hydroxylation is 2. The molecule has 0 aromatic carbocycles. The van der Waals surface area contributed by atoms with Gasteiger partial charge in [0.1, 0.15) is 10.0 Å². The Labute approximate surface area is 122 Å². The van der Waals surface area contributed by atoms with E-state index in [1.54, 1.807) is 0 Å². The first-order valence-electron chi connectivity index (χ1n) is 5.73. The van der Waals surface area contributed by atoms with Gasteiger partial charge in [0.05, 0.1) is 0 Å². The lowest BCUT2D eigenvalue weighted by molar-refractivity contribution is -0.115. The van der Waals surface area contributed by atoms with Gasteiger partial charge in [-0.2, -0.15) is 0 Å². The van der Waals surface area contributed by atoms with Crippen LogP contribution in [0.2, 0.25) is 0 Å². The van der Waals surface area contributed by atoms with Crippen LogP contribution in [0.25, 0.3) is 0 Å². The molecule has 10 heteroatoms. The molecule has 2 heterocycles. The van der Waals surface area contributed by atoms with Crippen LogP contribution in [0, 0.1) is 0 Å². The fourth-order valence-electron chi connectivity index (χ4n) is 1.33. The molecule has 2 aromatic rings. The van der Waals surface area contributed by atoms with Crippen LogP contribution in [0.15, 0.2) is 0 Å². The van der Waals surface area contributed by atoms with Gasteiger partial charge in [-0.05, 0) is 0 Å². The molecule has 0 fully saturated rings. The number of hydrogen-bond donors (Lipinski definition) is 2. The molecular weight excluding hydrogens is 300 g/mol. The van der Waals surface area contributed by atoms with Crippen molar-refractivity contribution in [1.82, 2.24) is 20.4 Å². The molecule has 2 amide bonds. The minimum Gasteiger partial charge on any atom is -0.301 e. The molecule has 0 saturated heterocycles. The minimum atomic E-state index is -0.170. The van der Waals surface area contributed by atoms with Crippen molar-refractivity contribution in [2.24, 2.45) is 0 Å². The highest BCUT2D eigenvalue weighted by Crippen LogP contribution is 2.20. The summed E-state index contributed by atoms with van der Waals surface area (Å²) >= 11 is 2.66. The maximum atomic E-state index is 10.9. The van der Waals surface area contributed by atoms with Crippen molar-refractivity contribution in [1.29, 1.82) is 0 Å². The molecule has 0 radical (unpaired) electrons. The minimum absolute atomic E-state index is 0.170. The molecule has 2 N–H and O–H groups in total. The van der Waals surface area contributed by atoms with E-state index in [4.69, 9.17) is 0 Å². The van der Waals surface area contributed by atoms with Gasteiger partial charge in [0.25, 0.3) is 0 Å². The van der Waals surface area contributed by atoms with Crippen LogP contribution < -0.4 is 10.6 Å². The van der Waals surface area contributed by atoms with Crippen LogP contribution in [0.3, 0.4) is 0 Å². The summed E-state index contributed by atoms with van der Waals surface area (Å²) in [6.07, 6.45) is 1.32. The molecule has 8 nitrogen and oxygen atoms in total. The maximum absolute atomic E-state index is 10.9. The van der Waals surface area contributed by atoms with Crippen molar-refractivity contribution >= 4 is 44.8 Å². The summed E-state index contributed by atoms with van der Waals surface area (Å²) in [5.41, 5.74) is 0. The van der Waals surface area contributed by atoms with Crippen molar-refractivity contribution in [2.75, 3.05) is 10.6 Å². The Morgan fingerprint density at radius 1 is 0.850 bits per heavy atom. The molecule has 20 heavy (non-hydrogen) atoms. The Kier molecular flexibility index (Phi) is 4.69. The average Bonchev–Trinajstić information content (AvgIpc) is 2.94. The van der Waals surface area contributed by atoms with E-state index in [-0.39, 0.29) is 11.8 Å². The van der Waals surface area contributed by atoms with Crippen LogP contribution >= 0.6 is 22.7 Å². The summed E-state index contributed by atoms with van der Waals surface area (Å²) < 4.78 is 0. The fourth-order valence-corrected chi connectivity index (χ4v) is 2.90. The van der Waals surface area contributed by atoms with Crippen molar-refractivity contribution in [2.45, 2.75) is 26.7 Å². The first-order valence-corrected chi connectivity index (χ1v) is 7.36. The highest BCUT2D eigenvalue weighted by molar-refractivity contribution is 7.15. The Bertz CT molecular complexity index is 569. The SMILES string of the molecule is CC(=O)Nc1nnc(CCc2nnc(NC(C)=O)s2)s1. The molecule has 0 spiro atoms. The molecule has 0 bridgehead atoms. The van der Waals surface area contributed by atoms with Gasteiger partial charge >= 0.3 is 0 Å². The monoisotopic (exact) mass is 312 g/mol. The zero-order chi connectivity index (χ0) is 14.5. The highest BCUT2D eigenvalue weighted by Gasteiger charge is 2.09. The largest absolute Gasteiger partial charge is 0.301 e. The third-order valence-electron chi connectivity index (χ3n) is 2.05. The summed E-state index contributed by atoms with van der Waals surface area (Å²) in [5.74, 6) is -0.339. The number of hydrogen-bond acceptors (Lipinski definition) is 8. The predicted octanol–water partition coefficient (Wildman–Crippen LogP) is 1.09. The van der Waals surface area contributed by atoms with Crippen molar-refractivity contribution in [3.05, 3.63) is 10.0 Å². The molecule has 2 aromatic heterocycles. The number of aromatic nitrogens is 4. The van der Waals surface area contributed by atoms with E-state index in [2.05, 4.69) is 31.0 Å². The first kappa shape index (κ1) is 14.5. The lowest BCUT2D eigenvalue weighted by Crippen LogP contribution is -2.04. The zero-order valence-electron chi connectivity index (χ0n) is 10.8. The number of nitrogens with zero attached hydrogens (tertiary/aromatic N) is 4. The third-order valence-corrected chi connectivity index (χ3v) is 3.85. The highest BCUT2D eigenvalue weighted by atomic mass is 32.1. The molecule has 0 aliphatic carbocycles. The van der Waals surface area contributed by atoms with Crippen LogP contribution in [-0.4, -0.2) is 32.2 Å². The summed E-state index contributed by atoms with van der Waals surface area (Å²) in [6.45, 7) is 2.84. The molecule has 0 aliphatic rings. The Morgan fingerprint density at radius 2 is 1.25 bits per heavy atom. The summed E-state index contributed by atoms with van der Waals surface area (Å²) in [7, 11) is 0. The van der Waals surface area contributed by atoms with Crippen LogP contribution in [0.4, 0.5) is 10.3 Å². The lowest BCUT2D eigenvalue weighted by Gasteiger charge is -1.92. The van der Waals surface area contributed by atoms with Crippen LogP contribution in [0.1, 0.15) is 23.9 Å². The van der Waals surface area contributed by atoms with Gasteiger partial charge in [0.2, 0.25) is 22.1 Å². The van der Waals surface area contributed by atoms with Crippen molar-refractivity contribution in [3.8, 4) is 0 Å². The molecular formula is C10H12N6O2S2. The Hall–Kier alpha value is -1.94. The summed E-state index contributed by atoms with van der Waals surface area (Å²) in [5, 5.41) is 23.4. The van der Waals surface area contributed by atoms with E-state index >= 15 is 0 Å². The fraction of sp³-hybridized carbons (Fsp3) is 0.400. The van der Waals surface area contributed by atoms with Gasteiger partial charge in [0, 0.05) is 26.7 Å². The molecule has 2 rings (SSSR count). The third kappa shape index (κ3) is 4.31. The van der Waals surface area contributed by atoms with Gasteiger partial charge in [-0.1, -0.05) is 22.7 Å². The smallest absolute Gasteiger partial charge is 0.223 e. The lowest BCUT2D eigenvalue weighted by atomic mass is 10.3. The summed E-state index contributed by atoms with van der Waals surface area (Å²) in [4.78, 5) is 21.7. The van der Waals surface area contributed by atoms with Gasteiger partial charge in [0.15, 0.2) is 0 Å². The van der Waals surface area contributed by atoms with E-state index in [0.29, 0.717) is 23.1 Å². The molecule has 0 aliphatic heterocycles. The standard InChI is InChI=1S/C10H12N6O2S2/c1-5(17)11-9-15-13-7(19-9)3-4-8-14-16-10(20-8)12-6(2)18/h3-4H2,1-2H3,(H,11,15,17)(H,12,16,18). The average molecular weight is 312 g/mol. The number of nitrogens with one attached hydrogen (secondary N) is 2. The van der Waals surface area contributed by atoms with Gasteiger partial charge in [-0.3, -0.25) is 9.59 Å². The van der Waals surface area contributed by atoms with E-state index in [1.807, 2.05) is 0 Å². The van der Waals surface area contributed by atoms with Crippen LogP contribution in [0.5, 0.6) is 0 Å². The predicted molar refractivity (Wildman–Crippen MR) is 75.8 cm³/mol. The summed E-state index contributed by atoms with van der Waals surface area (Å²) in [6, 6.07) is 0. The van der Waals surface area contributed by atoms with E-state index in [0.717, 1.165) is 10.0 Å². The second kappa shape index (κ2) is 6.48. The van der Waals surface area contributed by atoms with Crippen molar-refractivity contribution in [3.63, 3.8) is 0 Å². The zero-order valence-corrected chi connectivity index (χ0v) is 12.5. The number of rotatable bonds is 5. The maximum Gasteiger partial charge on any atom is 0.223 e. The van der Waals surface area contributed by atoms with E-state index in [9.17, 15) is 9.59 Å². The van der Waals surface area contributed by atoms with Crippen LogP contribution in [-0.2, 0) is 22.4 Å². The second-order valence-corrected chi connectivity index (χ2v) is 5.99. The Balaban J connectivity index is 1.88. The van der Waals surface area contributed by atoms with E-state index in [1.165, 1.54) is 36.5 Å². The number of amides is 2. The molecule has 106 valence electrons. The first-order chi connectivity index (χ1) is 9.52. The molecule has 0 saturated carbocycles. The number of anilines is 2. The quantitative estimate of drug-likeness (QED) is 0.855. The normalized spacial score (nSPS) is 10.3. The molecule has 0 atom stereocenters. The Morgan fingerprint density at radius 3 is 1.60 bits per heavy atom. The van der Waals surface area contributed by atoms with Gasteiger partial charge < -0.3 is 10.6 Å². The van der Waals surface area contributed by atoms with Crippen molar-refractivity contribution < 1.29 is 9.59 Å². The second-order valence-electron chi connectivity index (χ2n) is 3.86.